The van der Waals surface area contributed by atoms with Crippen LogP contribution in [0.3, 0.4) is 0 Å². The van der Waals surface area contributed by atoms with Crippen molar-refractivity contribution < 1.29 is 20.4 Å². The lowest BCUT2D eigenvalue weighted by Gasteiger charge is -2.27. The highest BCUT2D eigenvalue weighted by Gasteiger charge is 2.24. The second kappa shape index (κ2) is 17.2. The van der Waals surface area contributed by atoms with Crippen LogP contribution in [0.5, 0.6) is 23.0 Å². The van der Waals surface area contributed by atoms with E-state index in [1.165, 1.54) is 0 Å². The largest absolute Gasteiger partial charge is 0.507 e. The van der Waals surface area contributed by atoms with Gasteiger partial charge in [0, 0.05) is 52.7 Å². The number of hydrogen-bond donors (Lipinski definition) is 4. The highest BCUT2D eigenvalue weighted by molar-refractivity contribution is 5.93. The van der Waals surface area contributed by atoms with E-state index in [-0.39, 0.29) is 39.2 Å². The molecule has 8 nitrogen and oxygen atoms in total. The van der Waals surface area contributed by atoms with Gasteiger partial charge in [-0.3, -0.25) is 20.0 Å². The summed E-state index contributed by atoms with van der Waals surface area (Å²) in [5.74, 6) is 0.457. The molecule has 0 unspecified atom stereocenters. The third-order valence-electron chi connectivity index (χ3n) is 10.2. The van der Waals surface area contributed by atoms with Gasteiger partial charge < -0.3 is 20.4 Å². The Kier molecular flexibility index (Phi) is 12.3. The summed E-state index contributed by atoms with van der Waals surface area (Å²) < 4.78 is 0. The van der Waals surface area contributed by atoms with Gasteiger partial charge in [0.1, 0.15) is 23.0 Å². The van der Waals surface area contributed by atoms with Gasteiger partial charge in [-0.05, 0) is 105 Å². The molecule has 0 fully saturated rings. The van der Waals surface area contributed by atoms with Gasteiger partial charge in [0.15, 0.2) is 0 Å². The summed E-state index contributed by atoms with van der Waals surface area (Å²) in [6, 6.07) is 35.0. The molecule has 0 aliphatic rings. The Bertz CT molecular complexity index is 2650. The van der Waals surface area contributed by atoms with Crippen molar-refractivity contribution in [2.24, 2.45) is 20.0 Å². The summed E-state index contributed by atoms with van der Waals surface area (Å²) in [4.78, 5) is 18.8. The Balaban J connectivity index is 1.26. The standard InChI is InChI=1S/C52H54N4O4/c1-50(2,3)39-20-23-48(59)37(26-39)31-55-43-15-11-10-14-42(43)53-29-35-24-33(18-21-46(35)57)34-19-22-47(58)36(25-34)30-54-44-16-12-13-17-45(44)56-32-38-27-40(51(4,5)6)28-41(49(38)60)52(7,8)9/h10-32,57-60H,1-9H3. The van der Waals surface area contributed by atoms with Crippen LogP contribution in [-0.4, -0.2) is 45.3 Å². The van der Waals surface area contributed by atoms with Crippen molar-refractivity contribution in [2.75, 3.05) is 0 Å². The zero-order valence-corrected chi connectivity index (χ0v) is 35.9. The van der Waals surface area contributed by atoms with Crippen LogP contribution in [0.15, 0.2) is 135 Å². The fraction of sp³-hybridized carbons (Fsp3) is 0.231. The molecule has 6 rings (SSSR count). The van der Waals surface area contributed by atoms with Crippen molar-refractivity contribution in [3.05, 3.63) is 154 Å². The van der Waals surface area contributed by atoms with Crippen LogP contribution in [-0.2, 0) is 16.2 Å². The molecule has 0 amide bonds. The average Bonchev–Trinajstić information content (AvgIpc) is 3.19. The normalized spacial score (nSPS) is 12.8. The average molecular weight is 799 g/mol. The quantitative estimate of drug-likeness (QED) is 0.108. The minimum absolute atomic E-state index is 0.0539. The van der Waals surface area contributed by atoms with Crippen LogP contribution in [0.2, 0.25) is 0 Å². The number of aromatic hydroxyl groups is 4. The molecule has 6 aromatic rings. The number of benzene rings is 6. The second-order valence-electron chi connectivity index (χ2n) is 18.0. The first-order valence-electron chi connectivity index (χ1n) is 20.0. The molecule has 0 aliphatic heterocycles. The molecular weight excluding hydrogens is 745 g/mol. The third-order valence-corrected chi connectivity index (χ3v) is 10.2. The molecule has 0 aromatic heterocycles. The summed E-state index contributed by atoms with van der Waals surface area (Å²) in [6.45, 7) is 19.1. The Morgan fingerprint density at radius 2 is 0.717 bits per heavy atom. The van der Waals surface area contributed by atoms with Crippen molar-refractivity contribution in [3.63, 3.8) is 0 Å². The van der Waals surface area contributed by atoms with Crippen LogP contribution in [0.4, 0.5) is 22.7 Å². The van der Waals surface area contributed by atoms with Crippen molar-refractivity contribution in [1.29, 1.82) is 0 Å². The molecule has 0 atom stereocenters. The lowest BCUT2D eigenvalue weighted by Crippen LogP contribution is -2.17. The number of para-hydroxylation sites is 4. The zero-order valence-electron chi connectivity index (χ0n) is 35.9. The van der Waals surface area contributed by atoms with Gasteiger partial charge in [0.2, 0.25) is 0 Å². The Labute approximate surface area is 353 Å². The van der Waals surface area contributed by atoms with Crippen LogP contribution in [0, 0.1) is 0 Å². The fourth-order valence-corrected chi connectivity index (χ4v) is 6.48. The van der Waals surface area contributed by atoms with Crippen molar-refractivity contribution in [1.82, 2.24) is 0 Å². The van der Waals surface area contributed by atoms with E-state index in [1.54, 1.807) is 55.2 Å². The molecule has 0 aliphatic carbocycles. The number of nitrogens with zero attached hydrogens (tertiary/aromatic N) is 4. The van der Waals surface area contributed by atoms with E-state index >= 15 is 0 Å². The SMILES string of the molecule is CC(C)(C)c1ccc(O)c(C=Nc2ccccc2N=Cc2cc(-c3ccc(O)c(C=Nc4ccccc4N=Cc4cc(C(C)(C)C)cc(C(C)(C)C)c4O)c3)ccc2O)c1. The number of hydrogen-bond acceptors (Lipinski definition) is 8. The minimum Gasteiger partial charge on any atom is -0.507 e. The maximum absolute atomic E-state index is 11.3. The summed E-state index contributed by atoms with van der Waals surface area (Å²) in [6.07, 6.45) is 6.51. The lowest BCUT2D eigenvalue weighted by atomic mass is 9.79. The predicted octanol–water partition coefficient (Wildman–Crippen LogP) is 13.1. The molecule has 6 aromatic carbocycles. The molecule has 0 radical (unpaired) electrons. The maximum Gasteiger partial charge on any atom is 0.128 e. The minimum atomic E-state index is -0.267. The third kappa shape index (κ3) is 10.2. The molecule has 60 heavy (non-hydrogen) atoms. The lowest BCUT2D eigenvalue weighted by molar-refractivity contribution is 0.444. The van der Waals surface area contributed by atoms with Crippen molar-refractivity contribution in [2.45, 2.75) is 78.6 Å². The number of aliphatic imine (C=N–C) groups is 4. The van der Waals surface area contributed by atoms with E-state index in [0.29, 0.717) is 45.0 Å². The molecule has 306 valence electrons. The van der Waals surface area contributed by atoms with Gasteiger partial charge in [-0.25, -0.2) is 0 Å². The molecule has 0 bridgehead atoms. The van der Waals surface area contributed by atoms with E-state index in [2.05, 4.69) is 78.4 Å². The highest BCUT2D eigenvalue weighted by atomic mass is 16.3. The van der Waals surface area contributed by atoms with Gasteiger partial charge in [0.25, 0.3) is 0 Å². The monoisotopic (exact) mass is 798 g/mol. The van der Waals surface area contributed by atoms with Crippen molar-refractivity contribution in [3.8, 4) is 34.1 Å². The second-order valence-corrected chi connectivity index (χ2v) is 18.0. The zero-order chi connectivity index (χ0) is 43.4. The highest BCUT2D eigenvalue weighted by Crippen LogP contribution is 2.38. The first kappa shape index (κ1) is 42.8. The van der Waals surface area contributed by atoms with E-state index in [1.807, 2.05) is 78.9 Å². The first-order chi connectivity index (χ1) is 28.3. The molecule has 0 heterocycles. The fourth-order valence-electron chi connectivity index (χ4n) is 6.48. The number of phenolic OH excluding ortho intramolecular Hbond substituents is 4. The van der Waals surface area contributed by atoms with E-state index in [0.717, 1.165) is 27.8 Å². The van der Waals surface area contributed by atoms with Crippen LogP contribution < -0.4 is 0 Å². The Morgan fingerprint density at radius 1 is 0.367 bits per heavy atom. The summed E-state index contributed by atoms with van der Waals surface area (Å²) in [7, 11) is 0. The van der Waals surface area contributed by atoms with Gasteiger partial charge in [-0.1, -0.05) is 111 Å². The van der Waals surface area contributed by atoms with E-state index in [4.69, 9.17) is 9.98 Å². The van der Waals surface area contributed by atoms with Gasteiger partial charge >= 0.3 is 0 Å². The van der Waals surface area contributed by atoms with Gasteiger partial charge in [0.05, 0.1) is 22.7 Å². The van der Waals surface area contributed by atoms with E-state index < -0.39 is 0 Å². The topological polar surface area (TPSA) is 130 Å². The molecule has 4 N–H and O–H groups in total. The Hall–Kier alpha value is -6.80. The van der Waals surface area contributed by atoms with Gasteiger partial charge in [-0.15, -0.1) is 0 Å². The predicted molar refractivity (Wildman–Crippen MR) is 249 cm³/mol. The van der Waals surface area contributed by atoms with Crippen molar-refractivity contribution >= 4 is 47.6 Å². The van der Waals surface area contributed by atoms with Gasteiger partial charge in [-0.2, -0.15) is 0 Å². The number of rotatable bonds is 9. The maximum atomic E-state index is 11.3. The Morgan fingerprint density at radius 3 is 1.10 bits per heavy atom. The van der Waals surface area contributed by atoms with Crippen LogP contribution in [0.25, 0.3) is 11.1 Å². The molecule has 8 heteroatoms. The number of phenols is 4. The molecule has 0 spiro atoms. The smallest absolute Gasteiger partial charge is 0.128 e. The van der Waals surface area contributed by atoms with E-state index in [9.17, 15) is 20.4 Å². The molecule has 0 saturated heterocycles. The summed E-state index contributed by atoms with van der Waals surface area (Å²) in [5.41, 5.74) is 8.75. The first-order valence-corrected chi connectivity index (χ1v) is 20.0. The summed E-state index contributed by atoms with van der Waals surface area (Å²) in [5, 5.41) is 43.5. The summed E-state index contributed by atoms with van der Waals surface area (Å²) >= 11 is 0. The molecule has 0 saturated carbocycles. The van der Waals surface area contributed by atoms with Crippen LogP contribution in [0.1, 0.15) is 101 Å². The molecular formula is C52H54N4O4. The van der Waals surface area contributed by atoms with Crippen LogP contribution >= 0.6 is 0 Å².